The molecule has 0 atom stereocenters. The van der Waals surface area contributed by atoms with Gasteiger partial charge in [-0.1, -0.05) is 22.0 Å². The summed E-state index contributed by atoms with van der Waals surface area (Å²) < 4.78 is 1.03. The molecule has 4 heteroatoms. The lowest BCUT2D eigenvalue weighted by atomic mass is 10.1. The number of halogens is 1. The first kappa shape index (κ1) is 12.5. The van der Waals surface area contributed by atoms with Crippen LogP contribution in [0.1, 0.15) is 11.1 Å². The predicted octanol–water partition coefficient (Wildman–Crippen LogP) is 4.07. The Hall–Kier alpha value is -1.99. The van der Waals surface area contributed by atoms with Gasteiger partial charge >= 0.3 is 0 Å². The molecule has 0 saturated heterocycles. The highest BCUT2D eigenvalue weighted by molar-refractivity contribution is 9.10. The summed E-state index contributed by atoms with van der Waals surface area (Å²) in [6, 6.07) is 15.6. The molecule has 3 nitrogen and oxygen atoms in total. The van der Waals surface area contributed by atoms with E-state index in [-0.39, 0.29) is 0 Å². The van der Waals surface area contributed by atoms with Gasteiger partial charge in [0.05, 0.1) is 16.9 Å². The third-order valence-electron chi connectivity index (χ3n) is 2.48. The molecule has 90 valence electrons. The number of hydrazine groups is 1. The lowest BCUT2D eigenvalue weighted by molar-refractivity contribution is 1.36. The molecule has 0 fully saturated rings. The highest BCUT2D eigenvalue weighted by Crippen LogP contribution is 2.18. The van der Waals surface area contributed by atoms with Crippen molar-refractivity contribution < 1.29 is 0 Å². The Morgan fingerprint density at radius 3 is 2.44 bits per heavy atom. The number of nitrogens with one attached hydrogen (secondary N) is 2. The maximum atomic E-state index is 9.02. The van der Waals surface area contributed by atoms with Crippen LogP contribution in [0.15, 0.2) is 46.9 Å². The van der Waals surface area contributed by atoms with Crippen molar-refractivity contribution in [2.75, 3.05) is 10.9 Å². The SMILES string of the molecule is Cc1ccc(C#N)c(NNc2ccc(Br)cc2)c1. The summed E-state index contributed by atoms with van der Waals surface area (Å²) in [6.45, 7) is 1.99. The van der Waals surface area contributed by atoms with Crippen LogP contribution in [0, 0.1) is 18.3 Å². The normalized spacial score (nSPS) is 9.61. The first-order valence-electron chi connectivity index (χ1n) is 5.47. The number of rotatable bonds is 3. The molecule has 2 aromatic carbocycles. The molecule has 0 aliphatic rings. The molecule has 0 spiro atoms. The van der Waals surface area contributed by atoms with Crippen LogP contribution in [0.5, 0.6) is 0 Å². The first-order valence-corrected chi connectivity index (χ1v) is 6.26. The van der Waals surface area contributed by atoms with E-state index in [1.165, 1.54) is 0 Å². The van der Waals surface area contributed by atoms with Crippen molar-refractivity contribution >= 4 is 27.3 Å². The van der Waals surface area contributed by atoms with E-state index >= 15 is 0 Å². The molecule has 0 bridgehead atoms. The van der Waals surface area contributed by atoms with Gasteiger partial charge in [-0.05, 0) is 48.9 Å². The quantitative estimate of drug-likeness (QED) is 0.840. The largest absolute Gasteiger partial charge is 0.301 e. The molecule has 0 aliphatic heterocycles. The fourth-order valence-electron chi connectivity index (χ4n) is 1.53. The first-order chi connectivity index (χ1) is 8.69. The molecule has 0 saturated carbocycles. The van der Waals surface area contributed by atoms with Gasteiger partial charge in [0, 0.05) is 4.47 Å². The molecular formula is C14H12BrN3. The van der Waals surface area contributed by atoms with E-state index < -0.39 is 0 Å². The summed E-state index contributed by atoms with van der Waals surface area (Å²) in [5.41, 5.74) is 9.55. The molecule has 0 aliphatic carbocycles. The summed E-state index contributed by atoms with van der Waals surface area (Å²) >= 11 is 3.38. The van der Waals surface area contributed by atoms with Gasteiger partial charge in [-0.3, -0.25) is 5.43 Å². The molecule has 0 heterocycles. The molecule has 2 aromatic rings. The highest BCUT2D eigenvalue weighted by atomic mass is 79.9. The van der Waals surface area contributed by atoms with Crippen molar-refractivity contribution in [1.29, 1.82) is 5.26 Å². The number of hydrogen-bond donors (Lipinski definition) is 2. The van der Waals surface area contributed by atoms with Crippen LogP contribution in [0.25, 0.3) is 0 Å². The van der Waals surface area contributed by atoms with E-state index in [9.17, 15) is 0 Å². The van der Waals surface area contributed by atoms with Crippen molar-refractivity contribution in [2.24, 2.45) is 0 Å². The molecule has 0 radical (unpaired) electrons. The van der Waals surface area contributed by atoms with Crippen LogP contribution < -0.4 is 10.9 Å². The summed E-state index contributed by atoms with van der Waals surface area (Å²) in [5.74, 6) is 0. The Morgan fingerprint density at radius 1 is 1.06 bits per heavy atom. The molecule has 2 N–H and O–H groups in total. The second-order valence-electron chi connectivity index (χ2n) is 3.92. The van der Waals surface area contributed by atoms with Crippen LogP contribution >= 0.6 is 15.9 Å². The van der Waals surface area contributed by atoms with E-state index in [1.54, 1.807) is 6.07 Å². The topological polar surface area (TPSA) is 47.9 Å². The zero-order valence-electron chi connectivity index (χ0n) is 9.87. The average molecular weight is 302 g/mol. The van der Waals surface area contributed by atoms with Crippen LogP contribution in [0.3, 0.4) is 0 Å². The minimum absolute atomic E-state index is 0.616. The van der Waals surface area contributed by atoms with Crippen LogP contribution in [0.2, 0.25) is 0 Å². The smallest absolute Gasteiger partial charge is 0.101 e. The van der Waals surface area contributed by atoms with Gasteiger partial charge in [0.15, 0.2) is 0 Å². The van der Waals surface area contributed by atoms with Crippen molar-refractivity contribution in [1.82, 2.24) is 0 Å². The molecule has 0 amide bonds. The van der Waals surface area contributed by atoms with E-state index in [4.69, 9.17) is 5.26 Å². The van der Waals surface area contributed by atoms with Crippen molar-refractivity contribution in [3.63, 3.8) is 0 Å². The van der Waals surface area contributed by atoms with Crippen molar-refractivity contribution in [3.8, 4) is 6.07 Å². The number of anilines is 2. The Bertz CT molecular complexity index is 585. The van der Waals surface area contributed by atoms with Crippen LogP contribution in [-0.2, 0) is 0 Å². The molecule has 0 aromatic heterocycles. The van der Waals surface area contributed by atoms with Gasteiger partial charge in [0.2, 0.25) is 0 Å². The maximum absolute atomic E-state index is 9.02. The van der Waals surface area contributed by atoms with Gasteiger partial charge in [0.1, 0.15) is 6.07 Å². The van der Waals surface area contributed by atoms with Crippen molar-refractivity contribution in [2.45, 2.75) is 6.92 Å². The molecular weight excluding hydrogens is 290 g/mol. The van der Waals surface area contributed by atoms with E-state index in [0.717, 1.165) is 21.4 Å². The summed E-state index contributed by atoms with van der Waals surface area (Å²) in [6.07, 6.45) is 0. The molecule has 0 unspecified atom stereocenters. The van der Waals surface area contributed by atoms with E-state index in [1.807, 2.05) is 43.3 Å². The predicted molar refractivity (Wildman–Crippen MR) is 77.3 cm³/mol. The molecule has 2 rings (SSSR count). The number of nitrogens with zero attached hydrogens (tertiary/aromatic N) is 1. The van der Waals surface area contributed by atoms with Gasteiger partial charge in [-0.2, -0.15) is 5.26 Å². The highest BCUT2D eigenvalue weighted by Gasteiger charge is 2.01. The Labute approximate surface area is 115 Å². The Balaban J connectivity index is 2.13. The lowest BCUT2D eigenvalue weighted by Crippen LogP contribution is -2.09. The summed E-state index contributed by atoms with van der Waals surface area (Å²) in [7, 11) is 0. The number of aryl methyl sites for hydroxylation is 1. The van der Waals surface area contributed by atoms with E-state index in [2.05, 4.69) is 32.9 Å². The second kappa shape index (κ2) is 5.56. The average Bonchev–Trinajstić information content (AvgIpc) is 2.38. The Kier molecular flexibility index (Phi) is 3.85. The van der Waals surface area contributed by atoms with Gasteiger partial charge < -0.3 is 5.43 Å². The number of hydrogen-bond acceptors (Lipinski definition) is 3. The zero-order chi connectivity index (χ0) is 13.0. The van der Waals surface area contributed by atoms with E-state index in [0.29, 0.717) is 5.56 Å². The minimum Gasteiger partial charge on any atom is -0.301 e. The van der Waals surface area contributed by atoms with Crippen molar-refractivity contribution in [3.05, 3.63) is 58.1 Å². The van der Waals surface area contributed by atoms with Crippen LogP contribution in [-0.4, -0.2) is 0 Å². The fraction of sp³-hybridized carbons (Fsp3) is 0.0714. The van der Waals surface area contributed by atoms with Gasteiger partial charge in [-0.25, -0.2) is 0 Å². The second-order valence-corrected chi connectivity index (χ2v) is 4.83. The standard InChI is InChI=1S/C14H12BrN3/c1-10-2-3-11(9-16)14(8-10)18-17-13-6-4-12(15)5-7-13/h2-8,17-18H,1H3. The van der Waals surface area contributed by atoms with Crippen LogP contribution in [0.4, 0.5) is 11.4 Å². The maximum Gasteiger partial charge on any atom is 0.101 e. The number of nitriles is 1. The number of benzene rings is 2. The third-order valence-corrected chi connectivity index (χ3v) is 3.01. The van der Waals surface area contributed by atoms with Gasteiger partial charge in [0.25, 0.3) is 0 Å². The molecule has 18 heavy (non-hydrogen) atoms. The summed E-state index contributed by atoms with van der Waals surface area (Å²) in [4.78, 5) is 0. The zero-order valence-corrected chi connectivity index (χ0v) is 11.5. The summed E-state index contributed by atoms with van der Waals surface area (Å²) in [5, 5.41) is 9.02. The monoisotopic (exact) mass is 301 g/mol. The van der Waals surface area contributed by atoms with Gasteiger partial charge in [-0.15, -0.1) is 0 Å². The fourth-order valence-corrected chi connectivity index (χ4v) is 1.80. The Morgan fingerprint density at radius 2 is 1.78 bits per heavy atom. The third kappa shape index (κ3) is 3.02. The minimum atomic E-state index is 0.616. The lowest BCUT2D eigenvalue weighted by Gasteiger charge is -2.11.